The van der Waals surface area contributed by atoms with E-state index in [9.17, 15) is 8.42 Å². The summed E-state index contributed by atoms with van der Waals surface area (Å²) in [7, 11) is -4.03. The molecule has 0 saturated carbocycles. The van der Waals surface area contributed by atoms with Gasteiger partial charge < -0.3 is 9.47 Å². The summed E-state index contributed by atoms with van der Waals surface area (Å²) in [4.78, 5) is 4.89. The number of nitrogens with zero attached hydrogens (tertiary/aromatic N) is 1. The molecule has 2 rings (SSSR count). The Morgan fingerprint density at radius 3 is 2.65 bits per heavy atom. The molecule has 10 heteroatoms. The molecule has 2 atom stereocenters. The normalized spacial score (nSPS) is 26.1. The number of hydrogen-bond donors (Lipinski definition) is 1. The number of halogens is 1. The van der Waals surface area contributed by atoms with E-state index in [1.54, 1.807) is 20.8 Å². The highest BCUT2D eigenvalue weighted by Gasteiger charge is 2.44. The van der Waals surface area contributed by atoms with E-state index < -0.39 is 28.3 Å². The van der Waals surface area contributed by atoms with Crippen LogP contribution in [0.4, 0.5) is 0 Å². The SMILES string of the molecule is Cc1nc(Cl)sc1C1OC(C)(C)OC1COS(N)(=O)=O. The predicted octanol–water partition coefficient (Wildman–Crippen LogP) is 1.52. The lowest BCUT2D eigenvalue weighted by Crippen LogP contribution is -2.28. The van der Waals surface area contributed by atoms with Crippen molar-refractivity contribution in [3.63, 3.8) is 0 Å². The first-order chi connectivity index (χ1) is 9.07. The number of hydrogen-bond acceptors (Lipinski definition) is 7. The highest BCUT2D eigenvalue weighted by molar-refractivity contribution is 7.84. The van der Waals surface area contributed by atoms with Gasteiger partial charge in [-0.25, -0.2) is 10.1 Å². The Balaban J connectivity index is 2.22. The second kappa shape index (κ2) is 5.48. The first kappa shape index (κ1) is 16.1. The molecule has 2 unspecified atom stereocenters. The van der Waals surface area contributed by atoms with Gasteiger partial charge in [-0.05, 0) is 20.8 Å². The van der Waals surface area contributed by atoms with Gasteiger partial charge in [0.25, 0.3) is 0 Å². The fourth-order valence-electron chi connectivity index (χ4n) is 1.98. The third kappa shape index (κ3) is 3.88. The molecule has 0 bridgehead atoms. The van der Waals surface area contributed by atoms with Gasteiger partial charge in [0.15, 0.2) is 10.3 Å². The average Bonchev–Trinajstić information content (AvgIpc) is 2.74. The fourth-order valence-corrected chi connectivity index (χ4v) is 3.55. The quantitative estimate of drug-likeness (QED) is 0.890. The van der Waals surface area contributed by atoms with Gasteiger partial charge in [-0.15, -0.1) is 11.3 Å². The molecule has 0 amide bonds. The molecule has 7 nitrogen and oxygen atoms in total. The van der Waals surface area contributed by atoms with E-state index >= 15 is 0 Å². The van der Waals surface area contributed by atoms with Crippen molar-refractivity contribution in [3.8, 4) is 0 Å². The van der Waals surface area contributed by atoms with Gasteiger partial charge >= 0.3 is 10.3 Å². The van der Waals surface area contributed by atoms with Crippen LogP contribution in [0.25, 0.3) is 0 Å². The fraction of sp³-hybridized carbons (Fsp3) is 0.700. The Hall–Kier alpha value is -0.290. The van der Waals surface area contributed by atoms with Gasteiger partial charge in [0.1, 0.15) is 12.2 Å². The van der Waals surface area contributed by atoms with Gasteiger partial charge in [-0.1, -0.05) is 11.6 Å². The molecule has 1 aliphatic heterocycles. The largest absolute Gasteiger partial charge is 0.342 e. The monoisotopic (exact) mass is 342 g/mol. The van der Waals surface area contributed by atoms with Crippen LogP contribution in [0.5, 0.6) is 0 Å². The summed E-state index contributed by atoms with van der Waals surface area (Å²) in [6.07, 6.45) is -1.12. The summed E-state index contributed by atoms with van der Waals surface area (Å²) in [5.41, 5.74) is 0.715. The summed E-state index contributed by atoms with van der Waals surface area (Å²) in [6, 6.07) is 0. The van der Waals surface area contributed by atoms with Crippen LogP contribution in [0.3, 0.4) is 0 Å². The summed E-state index contributed by atoms with van der Waals surface area (Å²) >= 11 is 7.14. The third-order valence-electron chi connectivity index (χ3n) is 2.65. The summed E-state index contributed by atoms with van der Waals surface area (Å²) < 4.78 is 38.2. The van der Waals surface area contributed by atoms with Crippen molar-refractivity contribution in [1.82, 2.24) is 4.98 Å². The smallest absolute Gasteiger partial charge is 0.333 e. The molecular formula is C10H15ClN2O5S2. The molecule has 2 heterocycles. The second-order valence-electron chi connectivity index (χ2n) is 4.79. The minimum Gasteiger partial charge on any atom is -0.342 e. The third-order valence-corrected chi connectivity index (χ3v) is 4.43. The number of thiazole rings is 1. The van der Waals surface area contributed by atoms with Crippen LogP contribution >= 0.6 is 22.9 Å². The molecule has 114 valence electrons. The van der Waals surface area contributed by atoms with Crippen LogP contribution in [0.2, 0.25) is 4.47 Å². The van der Waals surface area contributed by atoms with Gasteiger partial charge in [0, 0.05) is 0 Å². The highest BCUT2D eigenvalue weighted by Crippen LogP contribution is 2.42. The number of nitrogens with two attached hydrogens (primary N) is 1. The Morgan fingerprint density at radius 1 is 1.50 bits per heavy atom. The van der Waals surface area contributed by atoms with Crippen molar-refractivity contribution in [2.45, 2.75) is 38.8 Å². The summed E-state index contributed by atoms with van der Waals surface area (Å²) in [5.74, 6) is -0.861. The lowest BCUT2D eigenvalue weighted by Gasteiger charge is -2.16. The zero-order valence-electron chi connectivity index (χ0n) is 11.1. The van der Waals surface area contributed by atoms with E-state index in [1.807, 2.05) is 0 Å². The van der Waals surface area contributed by atoms with E-state index in [2.05, 4.69) is 9.17 Å². The minimum atomic E-state index is -4.03. The number of ether oxygens (including phenoxy) is 2. The van der Waals surface area contributed by atoms with E-state index in [-0.39, 0.29) is 6.61 Å². The van der Waals surface area contributed by atoms with Crippen LogP contribution in [-0.2, 0) is 24.0 Å². The topological polar surface area (TPSA) is 101 Å². The van der Waals surface area contributed by atoms with Gasteiger partial charge in [0.2, 0.25) is 0 Å². The molecule has 1 aromatic heterocycles. The zero-order valence-corrected chi connectivity index (χ0v) is 13.5. The summed E-state index contributed by atoms with van der Waals surface area (Å²) in [6.45, 7) is 5.02. The van der Waals surface area contributed by atoms with Crippen LogP contribution in [0.15, 0.2) is 0 Å². The number of rotatable bonds is 4. The lowest BCUT2D eigenvalue weighted by molar-refractivity contribution is -0.148. The molecule has 20 heavy (non-hydrogen) atoms. The van der Waals surface area contributed by atoms with Crippen LogP contribution in [0, 0.1) is 6.92 Å². The molecule has 0 spiro atoms. The molecule has 0 aromatic carbocycles. The number of aromatic nitrogens is 1. The van der Waals surface area contributed by atoms with E-state index in [0.29, 0.717) is 10.2 Å². The molecule has 0 radical (unpaired) electrons. The molecule has 2 N–H and O–H groups in total. The minimum absolute atomic E-state index is 0.234. The number of aryl methyl sites for hydroxylation is 1. The maximum atomic E-state index is 10.9. The maximum absolute atomic E-state index is 10.9. The molecule has 1 aromatic rings. The zero-order chi connectivity index (χ0) is 15.1. The molecule has 1 saturated heterocycles. The molecular weight excluding hydrogens is 328 g/mol. The van der Waals surface area contributed by atoms with Crippen molar-refractivity contribution < 1.29 is 22.1 Å². The van der Waals surface area contributed by atoms with Crippen LogP contribution < -0.4 is 5.14 Å². The summed E-state index contributed by atoms with van der Waals surface area (Å²) in [5, 5.41) is 4.82. The first-order valence-electron chi connectivity index (χ1n) is 5.73. The standard InChI is InChI=1S/C10H15ClN2O5S2/c1-5-8(19-9(11)13-5)7-6(4-16-20(12,14)15)17-10(2,3)18-7/h6-7H,4H2,1-3H3,(H2,12,14,15). The molecule has 1 aliphatic rings. The second-order valence-corrected chi connectivity index (χ2v) is 7.62. The van der Waals surface area contributed by atoms with Crippen LogP contribution in [0.1, 0.15) is 30.5 Å². The predicted molar refractivity (Wildman–Crippen MR) is 73.7 cm³/mol. The Kier molecular flexibility index (Phi) is 4.41. The van der Waals surface area contributed by atoms with Gasteiger partial charge in [-0.2, -0.15) is 8.42 Å². The van der Waals surface area contributed by atoms with Crippen molar-refractivity contribution in [2.75, 3.05) is 6.61 Å². The van der Waals surface area contributed by atoms with E-state index in [4.69, 9.17) is 26.2 Å². The Bertz CT molecular complexity index is 601. The van der Waals surface area contributed by atoms with E-state index in [1.165, 1.54) is 11.3 Å². The Morgan fingerprint density at radius 2 is 2.15 bits per heavy atom. The van der Waals surface area contributed by atoms with Crippen molar-refractivity contribution >= 4 is 33.2 Å². The van der Waals surface area contributed by atoms with Crippen molar-refractivity contribution in [3.05, 3.63) is 15.0 Å². The Labute approximate surface area is 126 Å². The lowest BCUT2D eigenvalue weighted by atomic mass is 10.1. The molecule has 0 aliphatic carbocycles. The highest BCUT2D eigenvalue weighted by atomic mass is 35.5. The van der Waals surface area contributed by atoms with Crippen LogP contribution in [-0.4, -0.2) is 31.9 Å². The van der Waals surface area contributed by atoms with Crippen molar-refractivity contribution in [1.29, 1.82) is 0 Å². The van der Waals surface area contributed by atoms with Gasteiger partial charge in [-0.3, -0.25) is 4.18 Å². The van der Waals surface area contributed by atoms with Crippen molar-refractivity contribution in [2.24, 2.45) is 5.14 Å². The van der Waals surface area contributed by atoms with E-state index in [0.717, 1.165) is 4.88 Å². The maximum Gasteiger partial charge on any atom is 0.333 e. The van der Waals surface area contributed by atoms with Gasteiger partial charge in [0.05, 0.1) is 17.2 Å². The first-order valence-corrected chi connectivity index (χ1v) is 8.39. The average molecular weight is 343 g/mol. The molecule has 1 fully saturated rings.